The van der Waals surface area contributed by atoms with Crippen LogP contribution in [0.3, 0.4) is 0 Å². The highest BCUT2D eigenvalue weighted by atomic mass is 15.1. The maximum absolute atomic E-state index is 4.06. The fourth-order valence-corrected chi connectivity index (χ4v) is 2.51. The molecule has 0 saturated carbocycles. The van der Waals surface area contributed by atoms with Crippen LogP contribution in [0.1, 0.15) is 12.0 Å². The summed E-state index contributed by atoms with van der Waals surface area (Å²) in [5, 5.41) is 0. The molecule has 0 saturated heterocycles. The Morgan fingerprint density at radius 2 is 1.88 bits per heavy atom. The van der Waals surface area contributed by atoms with Gasteiger partial charge in [-0.05, 0) is 53.8 Å². The van der Waals surface area contributed by atoms with Crippen LogP contribution in [0.2, 0.25) is 0 Å². The van der Waals surface area contributed by atoms with E-state index < -0.39 is 0 Å². The molecule has 0 aliphatic carbocycles. The van der Waals surface area contributed by atoms with Gasteiger partial charge in [0.1, 0.15) is 0 Å². The Kier molecular flexibility index (Phi) is 2.56. The molecule has 1 aliphatic heterocycles. The van der Waals surface area contributed by atoms with Crippen LogP contribution >= 0.6 is 0 Å². The zero-order valence-corrected chi connectivity index (χ0v) is 10.1. The zero-order chi connectivity index (χ0) is 11.7. The topological polar surface area (TPSA) is 16.1 Å². The van der Waals surface area contributed by atoms with Crippen molar-refractivity contribution in [2.45, 2.75) is 12.8 Å². The lowest BCUT2D eigenvalue weighted by molar-refractivity contribution is 0.745. The van der Waals surface area contributed by atoms with Crippen LogP contribution in [0.4, 0.5) is 5.69 Å². The highest BCUT2D eigenvalue weighted by Crippen LogP contribution is 2.30. The monoisotopic (exact) mass is 224 g/mol. The van der Waals surface area contributed by atoms with E-state index in [1.165, 1.54) is 41.8 Å². The van der Waals surface area contributed by atoms with Crippen molar-refractivity contribution in [3.8, 4) is 11.1 Å². The third kappa shape index (κ3) is 1.91. The molecular formula is C15H16N2. The van der Waals surface area contributed by atoms with Gasteiger partial charge in [-0.1, -0.05) is 6.07 Å². The number of benzene rings is 1. The maximum atomic E-state index is 4.06. The molecule has 0 amide bonds. The molecule has 86 valence electrons. The Bertz CT molecular complexity index is 520. The van der Waals surface area contributed by atoms with Crippen LogP contribution in [0.5, 0.6) is 0 Å². The van der Waals surface area contributed by atoms with E-state index in [4.69, 9.17) is 0 Å². The molecule has 0 bridgehead atoms. The molecule has 1 aromatic carbocycles. The number of aryl methyl sites for hydroxylation is 1. The van der Waals surface area contributed by atoms with Gasteiger partial charge in [-0.15, -0.1) is 0 Å². The average molecular weight is 224 g/mol. The van der Waals surface area contributed by atoms with Crippen molar-refractivity contribution < 1.29 is 0 Å². The molecule has 2 heterocycles. The summed E-state index contributed by atoms with van der Waals surface area (Å²) < 4.78 is 0. The molecule has 0 N–H and O–H groups in total. The van der Waals surface area contributed by atoms with E-state index in [1.54, 1.807) is 0 Å². The van der Waals surface area contributed by atoms with Crippen molar-refractivity contribution in [1.82, 2.24) is 4.98 Å². The third-order valence-electron chi connectivity index (χ3n) is 3.44. The molecular weight excluding hydrogens is 208 g/mol. The minimum absolute atomic E-state index is 1.17. The van der Waals surface area contributed by atoms with E-state index in [9.17, 15) is 0 Å². The number of hydrogen-bond donors (Lipinski definition) is 0. The first-order valence-corrected chi connectivity index (χ1v) is 6.09. The lowest BCUT2D eigenvalue weighted by Crippen LogP contribution is -2.24. The molecule has 2 heteroatoms. The van der Waals surface area contributed by atoms with E-state index in [-0.39, 0.29) is 0 Å². The van der Waals surface area contributed by atoms with Crippen molar-refractivity contribution in [2.24, 2.45) is 0 Å². The van der Waals surface area contributed by atoms with Gasteiger partial charge >= 0.3 is 0 Å². The molecule has 0 unspecified atom stereocenters. The van der Waals surface area contributed by atoms with Crippen LogP contribution in [-0.4, -0.2) is 18.6 Å². The second-order valence-corrected chi connectivity index (χ2v) is 4.60. The van der Waals surface area contributed by atoms with E-state index >= 15 is 0 Å². The van der Waals surface area contributed by atoms with Gasteiger partial charge in [-0.25, -0.2) is 0 Å². The second kappa shape index (κ2) is 4.21. The van der Waals surface area contributed by atoms with Crippen molar-refractivity contribution in [3.63, 3.8) is 0 Å². The second-order valence-electron chi connectivity index (χ2n) is 4.60. The van der Waals surface area contributed by atoms with Gasteiger partial charge in [0, 0.05) is 31.7 Å². The predicted molar refractivity (Wildman–Crippen MR) is 71.3 cm³/mol. The fourth-order valence-electron chi connectivity index (χ4n) is 2.51. The summed E-state index contributed by atoms with van der Waals surface area (Å²) in [6, 6.07) is 10.9. The minimum Gasteiger partial charge on any atom is -0.374 e. The number of fused-ring (bicyclic) bond motifs is 1. The summed E-state index contributed by atoms with van der Waals surface area (Å²) in [6.45, 7) is 1.17. The molecule has 3 rings (SSSR count). The number of aromatic nitrogens is 1. The minimum atomic E-state index is 1.17. The highest BCUT2D eigenvalue weighted by molar-refractivity contribution is 5.69. The van der Waals surface area contributed by atoms with Crippen LogP contribution in [0, 0.1) is 0 Å². The van der Waals surface area contributed by atoms with Crippen molar-refractivity contribution in [2.75, 3.05) is 18.5 Å². The van der Waals surface area contributed by atoms with Crippen LogP contribution in [0.25, 0.3) is 11.1 Å². The Morgan fingerprint density at radius 1 is 1.06 bits per heavy atom. The number of nitrogens with zero attached hydrogens (tertiary/aromatic N) is 2. The molecule has 17 heavy (non-hydrogen) atoms. The van der Waals surface area contributed by atoms with E-state index in [0.717, 1.165) is 0 Å². The SMILES string of the molecule is CN1CCCc2cc(-c3ccncc3)ccc21. The summed E-state index contributed by atoms with van der Waals surface area (Å²) in [4.78, 5) is 6.40. The van der Waals surface area contributed by atoms with Gasteiger partial charge in [0.25, 0.3) is 0 Å². The number of pyridine rings is 1. The van der Waals surface area contributed by atoms with E-state index in [0.29, 0.717) is 0 Å². The van der Waals surface area contributed by atoms with Crippen molar-refractivity contribution in [3.05, 3.63) is 48.3 Å². The van der Waals surface area contributed by atoms with Crippen molar-refractivity contribution >= 4 is 5.69 Å². The first-order valence-electron chi connectivity index (χ1n) is 6.09. The van der Waals surface area contributed by atoms with Gasteiger partial charge in [-0.2, -0.15) is 0 Å². The van der Waals surface area contributed by atoms with Gasteiger partial charge in [0.05, 0.1) is 0 Å². The first kappa shape index (κ1) is 10.3. The van der Waals surface area contributed by atoms with Gasteiger partial charge in [-0.3, -0.25) is 4.98 Å². The Hall–Kier alpha value is -1.83. The first-order chi connectivity index (χ1) is 8.34. The predicted octanol–water partition coefficient (Wildman–Crippen LogP) is 3.13. The van der Waals surface area contributed by atoms with Crippen LogP contribution < -0.4 is 4.90 Å². The Balaban J connectivity index is 2.04. The molecule has 0 radical (unpaired) electrons. The van der Waals surface area contributed by atoms with Gasteiger partial charge < -0.3 is 4.90 Å². The van der Waals surface area contributed by atoms with Crippen LogP contribution in [0.15, 0.2) is 42.7 Å². The highest BCUT2D eigenvalue weighted by Gasteiger charge is 2.13. The van der Waals surface area contributed by atoms with E-state index in [2.05, 4.69) is 47.3 Å². The number of hydrogen-bond acceptors (Lipinski definition) is 2. The van der Waals surface area contributed by atoms with Crippen LogP contribution in [-0.2, 0) is 6.42 Å². The summed E-state index contributed by atoms with van der Waals surface area (Å²) >= 11 is 0. The quantitative estimate of drug-likeness (QED) is 0.739. The normalized spacial score (nSPS) is 14.5. The summed E-state index contributed by atoms with van der Waals surface area (Å²) in [5.74, 6) is 0. The molecule has 0 spiro atoms. The molecule has 0 atom stereocenters. The number of rotatable bonds is 1. The molecule has 2 aromatic rings. The molecule has 1 aliphatic rings. The number of anilines is 1. The third-order valence-corrected chi connectivity index (χ3v) is 3.44. The summed E-state index contributed by atoms with van der Waals surface area (Å²) in [6.07, 6.45) is 6.14. The fraction of sp³-hybridized carbons (Fsp3) is 0.267. The smallest absolute Gasteiger partial charge is 0.0396 e. The maximum Gasteiger partial charge on any atom is 0.0396 e. The Morgan fingerprint density at radius 3 is 2.71 bits per heavy atom. The lowest BCUT2D eigenvalue weighted by atomic mass is 9.97. The molecule has 2 nitrogen and oxygen atoms in total. The standard InChI is InChI=1S/C15H16N2/c1-17-10-2-3-14-11-13(4-5-15(14)17)12-6-8-16-9-7-12/h4-9,11H,2-3,10H2,1H3. The Labute approximate surface area is 102 Å². The molecule has 0 fully saturated rings. The average Bonchev–Trinajstić information content (AvgIpc) is 2.40. The van der Waals surface area contributed by atoms with Gasteiger partial charge in [0.2, 0.25) is 0 Å². The van der Waals surface area contributed by atoms with Crippen molar-refractivity contribution in [1.29, 1.82) is 0 Å². The van der Waals surface area contributed by atoms with Gasteiger partial charge in [0.15, 0.2) is 0 Å². The zero-order valence-electron chi connectivity index (χ0n) is 10.1. The lowest BCUT2D eigenvalue weighted by Gasteiger charge is -2.27. The molecule has 1 aromatic heterocycles. The largest absolute Gasteiger partial charge is 0.374 e. The van der Waals surface area contributed by atoms with E-state index in [1.807, 2.05) is 12.4 Å². The summed E-state index contributed by atoms with van der Waals surface area (Å²) in [7, 11) is 2.17. The summed E-state index contributed by atoms with van der Waals surface area (Å²) in [5.41, 5.74) is 5.39.